The first-order valence-electron chi connectivity index (χ1n) is 10.3. The highest BCUT2D eigenvalue weighted by atomic mass is 32.1. The van der Waals surface area contributed by atoms with Crippen LogP contribution in [0, 0.1) is 0 Å². The lowest BCUT2D eigenvalue weighted by Gasteiger charge is -2.31. The molecule has 4 rings (SSSR count). The molecule has 1 heterocycles. The molecule has 3 nitrogen and oxygen atoms in total. The number of thiocarbonyl (C=S) groups is 1. The maximum Gasteiger partial charge on any atom is 0.185 e. The molecule has 0 unspecified atom stereocenters. The fourth-order valence-corrected chi connectivity index (χ4v) is 4.15. The molecule has 3 aromatic rings. The Hall–Kier alpha value is -2.69. The summed E-state index contributed by atoms with van der Waals surface area (Å²) in [6, 6.07) is 29.8. The van der Waals surface area contributed by atoms with Crippen molar-refractivity contribution in [2.24, 2.45) is 0 Å². The molecular formula is C25H27N3S. The van der Waals surface area contributed by atoms with Crippen LogP contribution in [-0.2, 0) is 12.1 Å². The predicted octanol–water partition coefficient (Wildman–Crippen LogP) is 5.24. The van der Waals surface area contributed by atoms with Gasteiger partial charge in [0.2, 0.25) is 0 Å². The average molecular weight is 402 g/mol. The van der Waals surface area contributed by atoms with Crippen LogP contribution < -0.4 is 10.7 Å². The van der Waals surface area contributed by atoms with Crippen molar-refractivity contribution in [3.05, 3.63) is 96.1 Å². The largest absolute Gasteiger partial charge is 0.338 e. The van der Waals surface area contributed by atoms with E-state index in [-0.39, 0.29) is 0 Å². The second kappa shape index (κ2) is 8.76. The Labute approximate surface area is 178 Å². The maximum absolute atomic E-state index is 5.67. The Balaban J connectivity index is 1.66. The summed E-state index contributed by atoms with van der Waals surface area (Å²) in [6.07, 6.45) is 3.04. The van der Waals surface area contributed by atoms with Crippen molar-refractivity contribution >= 4 is 17.3 Å². The zero-order chi connectivity index (χ0) is 20.1. The normalized spacial score (nSPS) is 18.7. The van der Waals surface area contributed by atoms with Crippen molar-refractivity contribution in [1.82, 2.24) is 15.8 Å². The van der Waals surface area contributed by atoms with Crippen molar-refractivity contribution in [2.45, 2.75) is 31.8 Å². The van der Waals surface area contributed by atoms with Gasteiger partial charge in [0.15, 0.2) is 5.11 Å². The molecule has 1 saturated heterocycles. The van der Waals surface area contributed by atoms with Crippen molar-refractivity contribution in [3.8, 4) is 11.1 Å². The van der Waals surface area contributed by atoms with Crippen molar-refractivity contribution in [1.29, 1.82) is 0 Å². The van der Waals surface area contributed by atoms with Crippen LogP contribution in [0.3, 0.4) is 0 Å². The third-order valence-corrected chi connectivity index (χ3v) is 5.75. The monoisotopic (exact) mass is 401 g/mol. The van der Waals surface area contributed by atoms with E-state index >= 15 is 0 Å². The fourth-order valence-electron chi connectivity index (χ4n) is 3.84. The number of nitrogens with one attached hydrogen (secondary N) is 2. The molecule has 0 aromatic heterocycles. The minimum Gasteiger partial charge on any atom is -0.338 e. The third kappa shape index (κ3) is 4.34. The molecule has 3 aromatic carbocycles. The molecule has 0 spiro atoms. The van der Waals surface area contributed by atoms with Crippen LogP contribution in [0.25, 0.3) is 11.1 Å². The number of nitrogens with zero attached hydrogens (tertiary/aromatic N) is 1. The summed E-state index contributed by atoms with van der Waals surface area (Å²) in [4.78, 5) is 0. The highest BCUT2D eigenvalue weighted by molar-refractivity contribution is 7.80. The standard InChI is InChI=1S/C25H27N3S/c1-2-3-18-28-24(29)26-25(27-28,19-20-10-6-4-7-11-20)23-16-14-22(15-17-23)21-12-8-5-9-13-21/h4-17,27H,2-3,18-19H2,1H3,(H,26,29)/t25-/m1/s1. The van der Waals surface area contributed by atoms with Crippen LogP contribution >= 0.6 is 12.2 Å². The molecule has 1 atom stereocenters. The summed E-state index contributed by atoms with van der Waals surface area (Å²) in [5, 5.41) is 6.45. The molecule has 0 saturated carbocycles. The van der Waals surface area contributed by atoms with E-state index < -0.39 is 5.66 Å². The molecule has 4 heteroatoms. The molecule has 1 aliphatic heterocycles. The van der Waals surface area contributed by atoms with Gasteiger partial charge < -0.3 is 5.32 Å². The molecule has 0 aliphatic carbocycles. The van der Waals surface area contributed by atoms with Gasteiger partial charge in [-0.25, -0.2) is 5.43 Å². The predicted molar refractivity (Wildman–Crippen MR) is 124 cm³/mol. The first-order chi connectivity index (χ1) is 14.2. The average Bonchev–Trinajstić information content (AvgIpc) is 3.09. The molecule has 148 valence electrons. The molecular weight excluding hydrogens is 374 g/mol. The summed E-state index contributed by atoms with van der Waals surface area (Å²) in [5.74, 6) is 0. The summed E-state index contributed by atoms with van der Waals surface area (Å²) in [7, 11) is 0. The van der Waals surface area contributed by atoms with Gasteiger partial charge in [0.1, 0.15) is 5.66 Å². The van der Waals surface area contributed by atoms with E-state index in [9.17, 15) is 0 Å². The quantitative estimate of drug-likeness (QED) is 0.529. The number of unbranched alkanes of at least 4 members (excludes halogenated alkanes) is 1. The Morgan fingerprint density at radius 1 is 0.828 bits per heavy atom. The number of hydrogen-bond acceptors (Lipinski definition) is 2. The molecule has 0 amide bonds. The first-order valence-corrected chi connectivity index (χ1v) is 10.7. The second-order valence-corrected chi connectivity index (χ2v) is 7.94. The lowest BCUT2D eigenvalue weighted by atomic mass is 9.91. The zero-order valence-corrected chi connectivity index (χ0v) is 17.6. The van der Waals surface area contributed by atoms with Crippen LogP contribution in [0.5, 0.6) is 0 Å². The minimum absolute atomic E-state index is 0.443. The Morgan fingerprint density at radius 2 is 1.45 bits per heavy atom. The summed E-state index contributed by atoms with van der Waals surface area (Å²) >= 11 is 5.67. The zero-order valence-electron chi connectivity index (χ0n) is 16.8. The summed E-state index contributed by atoms with van der Waals surface area (Å²) < 4.78 is 0. The number of benzene rings is 3. The van der Waals surface area contributed by atoms with Crippen LogP contribution in [0.4, 0.5) is 0 Å². The van der Waals surface area contributed by atoms with Gasteiger partial charge in [0.05, 0.1) is 0 Å². The van der Waals surface area contributed by atoms with Crippen LogP contribution in [0.15, 0.2) is 84.9 Å². The minimum atomic E-state index is -0.443. The van der Waals surface area contributed by atoms with Gasteiger partial charge in [-0.3, -0.25) is 5.01 Å². The molecule has 2 N–H and O–H groups in total. The van der Waals surface area contributed by atoms with Crippen molar-refractivity contribution < 1.29 is 0 Å². The lowest BCUT2D eigenvalue weighted by molar-refractivity contribution is 0.214. The van der Waals surface area contributed by atoms with Gasteiger partial charge in [-0.2, -0.15) is 0 Å². The van der Waals surface area contributed by atoms with Crippen molar-refractivity contribution in [3.63, 3.8) is 0 Å². The SMILES string of the molecule is CCCCN1N[C@](Cc2ccccc2)(c2ccc(-c3ccccc3)cc2)NC1=S. The molecule has 1 fully saturated rings. The number of rotatable bonds is 7. The van der Waals surface area contributed by atoms with Gasteiger partial charge in [0.25, 0.3) is 0 Å². The van der Waals surface area contributed by atoms with E-state index in [0.717, 1.165) is 30.9 Å². The van der Waals surface area contributed by atoms with Crippen LogP contribution in [0.2, 0.25) is 0 Å². The Kier molecular flexibility index (Phi) is 5.93. The highest BCUT2D eigenvalue weighted by Gasteiger charge is 2.41. The molecule has 1 aliphatic rings. The van der Waals surface area contributed by atoms with Crippen LogP contribution in [-0.4, -0.2) is 16.7 Å². The number of hydrazine groups is 1. The van der Waals surface area contributed by atoms with Gasteiger partial charge in [0, 0.05) is 13.0 Å². The van der Waals surface area contributed by atoms with Gasteiger partial charge >= 0.3 is 0 Å². The van der Waals surface area contributed by atoms with E-state index in [1.165, 1.54) is 22.3 Å². The van der Waals surface area contributed by atoms with Crippen LogP contribution in [0.1, 0.15) is 30.9 Å². The Bertz CT molecular complexity index is 941. The summed E-state index contributed by atoms with van der Waals surface area (Å²) in [6.45, 7) is 3.10. The van der Waals surface area contributed by atoms with E-state index in [1.54, 1.807) is 0 Å². The van der Waals surface area contributed by atoms with Gasteiger partial charge in [-0.15, -0.1) is 0 Å². The van der Waals surface area contributed by atoms with Gasteiger partial charge in [-0.05, 0) is 40.9 Å². The smallest absolute Gasteiger partial charge is 0.185 e. The second-order valence-electron chi connectivity index (χ2n) is 7.56. The lowest BCUT2D eigenvalue weighted by Crippen LogP contribution is -2.50. The van der Waals surface area contributed by atoms with E-state index in [1.807, 2.05) is 6.07 Å². The van der Waals surface area contributed by atoms with E-state index in [4.69, 9.17) is 12.2 Å². The van der Waals surface area contributed by atoms with E-state index in [0.29, 0.717) is 0 Å². The first kappa shape index (κ1) is 19.6. The molecule has 29 heavy (non-hydrogen) atoms. The maximum atomic E-state index is 5.67. The fraction of sp³-hybridized carbons (Fsp3) is 0.240. The topological polar surface area (TPSA) is 27.3 Å². The molecule has 0 bridgehead atoms. The van der Waals surface area contributed by atoms with Crippen molar-refractivity contribution in [2.75, 3.05) is 6.54 Å². The highest BCUT2D eigenvalue weighted by Crippen LogP contribution is 2.30. The van der Waals surface area contributed by atoms with E-state index in [2.05, 4.69) is 102 Å². The third-order valence-electron chi connectivity index (χ3n) is 5.42. The molecule has 0 radical (unpaired) electrons. The summed E-state index contributed by atoms with van der Waals surface area (Å²) in [5.41, 5.74) is 8.14. The number of hydrogen-bond donors (Lipinski definition) is 2. The Morgan fingerprint density at radius 3 is 2.10 bits per heavy atom. The van der Waals surface area contributed by atoms with Gasteiger partial charge in [-0.1, -0.05) is 98.3 Å².